The summed E-state index contributed by atoms with van der Waals surface area (Å²) in [6, 6.07) is 5.46. The monoisotopic (exact) mass is 900 g/mol. The van der Waals surface area contributed by atoms with Crippen molar-refractivity contribution < 1.29 is 46.6 Å². The van der Waals surface area contributed by atoms with E-state index in [9.17, 15) is 27.6 Å². The molecule has 9 rings (SSSR count). The first kappa shape index (κ1) is 44.0. The zero-order chi connectivity index (χ0) is 44.6. The average molecular weight is 901 g/mol. The van der Waals surface area contributed by atoms with E-state index in [1.165, 1.54) is 11.0 Å². The highest BCUT2D eigenvalue weighted by Crippen LogP contribution is 2.46. The number of allylic oxidation sites excluding steroid dienone is 2. The maximum atomic E-state index is 15.1. The van der Waals surface area contributed by atoms with Gasteiger partial charge in [-0.05, 0) is 101 Å². The van der Waals surface area contributed by atoms with E-state index in [4.69, 9.17) is 19.2 Å². The van der Waals surface area contributed by atoms with Gasteiger partial charge < -0.3 is 34.6 Å². The number of carbonyl (C=O) groups is 5. The van der Waals surface area contributed by atoms with Gasteiger partial charge in [-0.3, -0.25) is 23.9 Å². The second kappa shape index (κ2) is 18.4. The minimum absolute atomic E-state index is 0.0109. The molecule has 64 heavy (non-hydrogen) atoms. The first-order valence-corrected chi connectivity index (χ1v) is 24.9. The molecule has 16 nitrogen and oxygen atoms in total. The third-order valence-electron chi connectivity index (χ3n) is 14.5. The summed E-state index contributed by atoms with van der Waals surface area (Å²) >= 11 is 0. The number of carbonyl (C=O) groups excluding carboxylic acids is 5. The Morgan fingerprint density at radius 2 is 1.78 bits per heavy atom. The van der Waals surface area contributed by atoms with E-state index >= 15 is 4.79 Å². The maximum Gasteiger partial charge on any atom is 0.408 e. The number of para-hydroxylation sites is 1. The summed E-state index contributed by atoms with van der Waals surface area (Å²) in [6.07, 6.45) is 14.1. The van der Waals surface area contributed by atoms with Crippen molar-refractivity contribution >= 4 is 50.6 Å². The number of ether oxygens (including phenoxy) is 3. The van der Waals surface area contributed by atoms with Crippen LogP contribution in [-0.4, -0.2) is 114 Å². The van der Waals surface area contributed by atoms with Crippen LogP contribution in [0.3, 0.4) is 0 Å². The minimum Gasteiger partial charge on any atom is -0.491 e. The Kier molecular flexibility index (Phi) is 12.6. The lowest BCUT2D eigenvalue weighted by atomic mass is 9.96. The van der Waals surface area contributed by atoms with Gasteiger partial charge in [0.2, 0.25) is 33.6 Å². The summed E-state index contributed by atoms with van der Waals surface area (Å²) in [7, 11) is -3.93. The van der Waals surface area contributed by atoms with E-state index in [-0.39, 0.29) is 55.7 Å². The normalized spacial score (nSPS) is 30.6. The number of amides is 5. The van der Waals surface area contributed by atoms with Crippen molar-refractivity contribution in [2.24, 2.45) is 17.8 Å². The van der Waals surface area contributed by atoms with Gasteiger partial charge in [-0.15, -0.1) is 6.58 Å². The minimum atomic E-state index is -3.93. The molecule has 6 fully saturated rings. The van der Waals surface area contributed by atoms with Crippen LogP contribution in [-0.2, 0) is 40.4 Å². The van der Waals surface area contributed by atoms with Crippen LogP contribution in [0, 0.1) is 17.8 Å². The largest absolute Gasteiger partial charge is 0.491 e. The number of alkyl carbamates (subject to hydrolysis) is 1. The molecule has 3 N–H and O–H groups in total. The summed E-state index contributed by atoms with van der Waals surface area (Å²) in [5, 5.41) is 5.95. The molecule has 4 aliphatic carbocycles. The van der Waals surface area contributed by atoms with Gasteiger partial charge >= 0.3 is 6.09 Å². The topological polar surface area (TPSA) is 203 Å². The Labute approximate surface area is 374 Å². The number of pyridine rings is 1. The van der Waals surface area contributed by atoms with Crippen molar-refractivity contribution in [2.45, 2.75) is 138 Å². The van der Waals surface area contributed by atoms with E-state index < -0.39 is 68.7 Å². The molecule has 2 bridgehead atoms. The molecule has 1 aromatic carbocycles. The van der Waals surface area contributed by atoms with Gasteiger partial charge in [0.25, 0.3) is 5.91 Å². The number of likely N-dealkylation sites (tertiary alicyclic amines) is 1. The van der Waals surface area contributed by atoms with E-state index in [0.717, 1.165) is 56.8 Å². The lowest BCUT2D eigenvalue weighted by Crippen LogP contribution is -2.59. The lowest BCUT2D eigenvalue weighted by Gasteiger charge is -2.32. The first-order chi connectivity index (χ1) is 30.9. The Morgan fingerprint density at radius 3 is 2.53 bits per heavy atom. The number of hydrogen-bond acceptors (Lipinski definition) is 11. The quantitative estimate of drug-likeness (QED) is 0.266. The number of aromatic nitrogens is 1. The molecule has 4 saturated carbocycles. The van der Waals surface area contributed by atoms with E-state index in [2.05, 4.69) is 34.1 Å². The molecule has 3 aliphatic heterocycles. The fraction of sp³-hybridized carbons (Fsp3) is 0.617. The first-order valence-electron chi connectivity index (χ1n) is 23.4. The molecule has 1 aromatic heterocycles. The second-order valence-electron chi connectivity index (χ2n) is 18.8. The van der Waals surface area contributed by atoms with E-state index in [0.29, 0.717) is 68.4 Å². The van der Waals surface area contributed by atoms with Crippen molar-refractivity contribution in [1.82, 2.24) is 30.1 Å². The molecular formula is C47H60N6O10S. The average Bonchev–Trinajstić information content (AvgIpc) is 3.94. The summed E-state index contributed by atoms with van der Waals surface area (Å²) in [5.41, 5.74) is -0.266. The number of nitrogens with zero attached hydrogens (tertiary/aromatic N) is 3. The summed E-state index contributed by atoms with van der Waals surface area (Å²) in [4.78, 5) is 78.0. The van der Waals surface area contributed by atoms with Gasteiger partial charge in [0.05, 0.1) is 29.4 Å². The van der Waals surface area contributed by atoms with Crippen LogP contribution in [0.25, 0.3) is 10.9 Å². The Hall–Kier alpha value is -5.19. The zero-order valence-electron chi connectivity index (χ0n) is 36.3. The standard InChI is InChI=1S/C47H60N6O10S/c1-2-31-27-47(31,45(57)51-64(59,60)33-21-22-33)50-42(55)37-26-32-28-53(37)44(56)40(30-13-6-7-14-30)49-46(58)63-38-19-10-15-29(38)12-4-3-5-17-35-41(61-25-24-52-23-11-20-39(52)54)34-16-8-9-18-36(34)48-43(35)62-32/h2-3,5,8-9,16,18,29-33,37-38,40H,1,4,6-7,10-15,17,19-28H2,(H,49,58)(H,50,55)(H,51,57)/b5-3+/t29-,31?,32-,37+,38-,40+,47-/m1/s1. The molecule has 7 atom stereocenters. The molecule has 2 aromatic rings. The lowest BCUT2D eigenvalue weighted by molar-refractivity contribution is -0.142. The number of benzene rings is 1. The van der Waals surface area contributed by atoms with Crippen LogP contribution in [0.1, 0.15) is 102 Å². The fourth-order valence-corrected chi connectivity index (χ4v) is 12.0. The zero-order valence-corrected chi connectivity index (χ0v) is 37.2. The number of rotatable bonds is 11. The van der Waals surface area contributed by atoms with Gasteiger partial charge in [-0.2, -0.15) is 0 Å². The molecule has 1 unspecified atom stereocenters. The van der Waals surface area contributed by atoms with Gasteiger partial charge in [-0.25, -0.2) is 18.2 Å². The molecule has 4 heterocycles. The van der Waals surface area contributed by atoms with Crippen LogP contribution in [0.5, 0.6) is 11.6 Å². The van der Waals surface area contributed by atoms with Crippen LogP contribution < -0.4 is 24.8 Å². The molecule has 0 spiro atoms. The highest BCUT2D eigenvalue weighted by molar-refractivity contribution is 7.91. The number of fused-ring (bicyclic) bond motifs is 5. The van der Waals surface area contributed by atoms with Crippen molar-refractivity contribution in [3.8, 4) is 11.6 Å². The van der Waals surface area contributed by atoms with Crippen LogP contribution in [0.15, 0.2) is 49.1 Å². The SMILES string of the molecule is C=CC1C[C@]1(NC(=O)[C@@H]1C[C@@H]2CN1C(=O)[C@H](C1CCCC1)NC(=O)O[C@@H]1CCC[C@H]1CC/C=C/Cc1c(nc3ccccc3c1OCCN1CCCC1=O)O2)C(=O)NS(=O)(=O)C1CC1. The Bertz CT molecular complexity index is 2310. The predicted molar refractivity (Wildman–Crippen MR) is 235 cm³/mol. The molecule has 2 saturated heterocycles. The predicted octanol–water partition coefficient (Wildman–Crippen LogP) is 4.60. The number of nitrogens with one attached hydrogen (secondary N) is 3. The van der Waals surface area contributed by atoms with E-state index in [1.54, 1.807) is 0 Å². The molecule has 17 heteroatoms. The second-order valence-corrected chi connectivity index (χ2v) is 20.8. The van der Waals surface area contributed by atoms with Gasteiger partial charge in [-0.1, -0.05) is 43.2 Å². The molecule has 344 valence electrons. The molecule has 0 radical (unpaired) electrons. The van der Waals surface area contributed by atoms with Crippen molar-refractivity contribution in [3.05, 3.63) is 54.6 Å². The molecular weight excluding hydrogens is 841 g/mol. The van der Waals surface area contributed by atoms with Gasteiger partial charge in [0.1, 0.15) is 42.2 Å². The molecule has 5 amide bonds. The summed E-state index contributed by atoms with van der Waals surface area (Å²) in [6.45, 7) is 5.16. The summed E-state index contributed by atoms with van der Waals surface area (Å²) < 4.78 is 47.5. The molecule has 7 aliphatic rings. The van der Waals surface area contributed by atoms with Crippen molar-refractivity contribution in [2.75, 3.05) is 26.2 Å². The van der Waals surface area contributed by atoms with Crippen molar-refractivity contribution in [3.63, 3.8) is 0 Å². The number of hydrogen-bond donors (Lipinski definition) is 3. The highest BCUT2D eigenvalue weighted by atomic mass is 32.2. The van der Waals surface area contributed by atoms with Gasteiger partial charge in [0.15, 0.2) is 0 Å². The third kappa shape index (κ3) is 9.18. The van der Waals surface area contributed by atoms with Crippen LogP contribution in [0.2, 0.25) is 0 Å². The van der Waals surface area contributed by atoms with Crippen LogP contribution in [0.4, 0.5) is 4.79 Å². The van der Waals surface area contributed by atoms with Crippen LogP contribution >= 0.6 is 0 Å². The highest BCUT2D eigenvalue weighted by Gasteiger charge is 2.62. The van der Waals surface area contributed by atoms with Crippen molar-refractivity contribution in [1.29, 1.82) is 0 Å². The Morgan fingerprint density at radius 1 is 0.984 bits per heavy atom. The number of sulfonamides is 1. The van der Waals surface area contributed by atoms with E-state index in [1.807, 2.05) is 29.2 Å². The smallest absolute Gasteiger partial charge is 0.408 e. The summed E-state index contributed by atoms with van der Waals surface area (Å²) in [5.74, 6) is -1.54. The maximum absolute atomic E-state index is 15.1. The third-order valence-corrected chi connectivity index (χ3v) is 16.3. The Balaban J connectivity index is 1.07. The van der Waals surface area contributed by atoms with Gasteiger partial charge in [0, 0.05) is 30.7 Å². The fourth-order valence-electron chi connectivity index (χ4n) is 10.7.